The fourth-order valence-corrected chi connectivity index (χ4v) is 1.79. The van der Waals surface area contributed by atoms with Crippen LogP contribution in [0.1, 0.15) is 25.0 Å². The van der Waals surface area contributed by atoms with E-state index in [0.717, 1.165) is 18.7 Å². The summed E-state index contributed by atoms with van der Waals surface area (Å²) in [4.78, 5) is 0. The fourth-order valence-electron chi connectivity index (χ4n) is 1.79. The topological polar surface area (TPSA) is 42.4 Å². The monoisotopic (exact) mass is 166 g/mol. The molecule has 0 aromatic carbocycles. The van der Waals surface area contributed by atoms with Gasteiger partial charge in [0.15, 0.2) is 0 Å². The Hall–Kier alpha value is -0.800. The standard InChI is InChI=1S/C9H14N2O/c1-7-5-8(6-11(7)10)9-3-2-4-12-9/h2-4,7-8H,5-6,10H2,1H3/t7-,8+/m1/s1. The Morgan fingerprint density at radius 1 is 1.67 bits per heavy atom. The lowest BCUT2D eigenvalue weighted by molar-refractivity contribution is 0.275. The van der Waals surface area contributed by atoms with Crippen molar-refractivity contribution < 1.29 is 4.42 Å². The molecule has 0 amide bonds. The number of nitrogens with zero attached hydrogens (tertiary/aromatic N) is 1. The van der Waals surface area contributed by atoms with E-state index in [0.29, 0.717) is 12.0 Å². The number of hydrazine groups is 1. The van der Waals surface area contributed by atoms with Crippen molar-refractivity contribution >= 4 is 0 Å². The van der Waals surface area contributed by atoms with Gasteiger partial charge in [0.25, 0.3) is 0 Å². The fraction of sp³-hybridized carbons (Fsp3) is 0.556. The maximum Gasteiger partial charge on any atom is 0.108 e. The van der Waals surface area contributed by atoms with Crippen molar-refractivity contribution in [2.75, 3.05) is 6.54 Å². The Morgan fingerprint density at radius 2 is 2.50 bits per heavy atom. The minimum atomic E-state index is 0.472. The molecular formula is C9H14N2O. The van der Waals surface area contributed by atoms with E-state index in [4.69, 9.17) is 10.3 Å². The van der Waals surface area contributed by atoms with Crippen LogP contribution >= 0.6 is 0 Å². The van der Waals surface area contributed by atoms with Crippen LogP contribution in [-0.4, -0.2) is 17.6 Å². The van der Waals surface area contributed by atoms with Crippen LogP contribution < -0.4 is 5.84 Å². The molecule has 2 N–H and O–H groups in total. The molecular weight excluding hydrogens is 152 g/mol. The molecule has 1 aromatic heterocycles. The van der Waals surface area contributed by atoms with Crippen LogP contribution in [0, 0.1) is 0 Å². The molecule has 3 heteroatoms. The minimum absolute atomic E-state index is 0.472. The molecule has 1 saturated heterocycles. The Morgan fingerprint density at radius 3 is 3.00 bits per heavy atom. The van der Waals surface area contributed by atoms with Crippen molar-refractivity contribution in [3.8, 4) is 0 Å². The second kappa shape index (κ2) is 2.92. The molecule has 12 heavy (non-hydrogen) atoms. The smallest absolute Gasteiger partial charge is 0.108 e. The molecule has 66 valence electrons. The number of hydrogen-bond acceptors (Lipinski definition) is 3. The van der Waals surface area contributed by atoms with Crippen LogP contribution in [-0.2, 0) is 0 Å². The number of furan rings is 1. The van der Waals surface area contributed by atoms with E-state index in [-0.39, 0.29) is 0 Å². The molecule has 3 nitrogen and oxygen atoms in total. The van der Waals surface area contributed by atoms with Crippen LogP contribution in [0.2, 0.25) is 0 Å². The summed E-state index contributed by atoms with van der Waals surface area (Å²) in [7, 11) is 0. The molecule has 0 saturated carbocycles. The molecule has 1 aromatic rings. The van der Waals surface area contributed by atoms with E-state index in [9.17, 15) is 0 Å². The zero-order valence-corrected chi connectivity index (χ0v) is 7.23. The summed E-state index contributed by atoms with van der Waals surface area (Å²) in [6, 6.07) is 4.43. The zero-order valence-electron chi connectivity index (χ0n) is 7.23. The molecule has 1 aliphatic heterocycles. The normalized spacial score (nSPS) is 31.2. The molecule has 0 unspecified atom stereocenters. The highest BCUT2D eigenvalue weighted by molar-refractivity contribution is 5.08. The summed E-state index contributed by atoms with van der Waals surface area (Å²) < 4.78 is 5.33. The number of nitrogens with two attached hydrogens (primary N) is 1. The Balaban J connectivity index is 2.09. The Bertz CT molecular complexity index is 235. The number of rotatable bonds is 1. The van der Waals surface area contributed by atoms with Gasteiger partial charge < -0.3 is 4.42 Å². The predicted octanol–water partition coefficient (Wildman–Crippen LogP) is 1.33. The van der Waals surface area contributed by atoms with Crippen molar-refractivity contribution in [3.05, 3.63) is 24.2 Å². The van der Waals surface area contributed by atoms with Crippen molar-refractivity contribution in [2.45, 2.75) is 25.3 Å². The van der Waals surface area contributed by atoms with Gasteiger partial charge in [0.05, 0.1) is 6.26 Å². The first kappa shape index (κ1) is 7.83. The van der Waals surface area contributed by atoms with E-state index in [2.05, 4.69) is 6.92 Å². The third-order valence-electron chi connectivity index (χ3n) is 2.57. The van der Waals surface area contributed by atoms with Gasteiger partial charge in [0.1, 0.15) is 5.76 Å². The summed E-state index contributed by atoms with van der Waals surface area (Å²) in [5, 5.41) is 1.88. The second-order valence-electron chi connectivity index (χ2n) is 3.49. The SMILES string of the molecule is C[C@@H]1C[C@H](c2ccco2)CN1N. The Kier molecular flexibility index (Phi) is 1.90. The molecule has 1 fully saturated rings. The van der Waals surface area contributed by atoms with Crippen molar-refractivity contribution in [1.82, 2.24) is 5.01 Å². The summed E-state index contributed by atoms with van der Waals surface area (Å²) in [6.07, 6.45) is 2.82. The summed E-state index contributed by atoms with van der Waals surface area (Å²) >= 11 is 0. The summed E-state index contributed by atoms with van der Waals surface area (Å²) in [5.74, 6) is 7.32. The van der Waals surface area contributed by atoms with Crippen molar-refractivity contribution in [2.24, 2.45) is 5.84 Å². The second-order valence-corrected chi connectivity index (χ2v) is 3.49. The van der Waals surface area contributed by atoms with E-state index < -0.39 is 0 Å². The Labute approximate surface area is 72.1 Å². The first-order valence-electron chi connectivity index (χ1n) is 4.32. The largest absolute Gasteiger partial charge is 0.469 e. The van der Waals surface area contributed by atoms with Crippen molar-refractivity contribution in [1.29, 1.82) is 0 Å². The van der Waals surface area contributed by atoms with Gasteiger partial charge in [0.2, 0.25) is 0 Å². The lowest BCUT2D eigenvalue weighted by Crippen LogP contribution is -2.33. The van der Waals surface area contributed by atoms with Gasteiger partial charge in [-0.2, -0.15) is 0 Å². The molecule has 0 spiro atoms. The van der Waals surface area contributed by atoms with Gasteiger partial charge in [-0.15, -0.1) is 0 Å². The first-order chi connectivity index (χ1) is 5.77. The lowest BCUT2D eigenvalue weighted by atomic mass is 10.0. The maximum absolute atomic E-state index is 5.77. The maximum atomic E-state index is 5.77. The van der Waals surface area contributed by atoms with Gasteiger partial charge in [-0.05, 0) is 25.5 Å². The van der Waals surface area contributed by atoms with Gasteiger partial charge >= 0.3 is 0 Å². The molecule has 0 bridgehead atoms. The van der Waals surface area contributed by atoms with Crippen molar-refractivity contribution in [3.63, 3.8) is 0 Å². The predicted molar refractivity (Wildman–Crippen MR) is 46.4 cm³/mol. The summed E-state index contributed by atoms with van der Waals surface area (Å²) in [5.41, 5.74) is 0. The van der Waals surface area contributed by atoms with Gasteiger partial charge in [-0.25, -0.2) is 5.01 Å². The van der Waals surface area contributed by atoms with Crippen LogP contribution in [0.15, 0.2) is 22.8 Å². The average molecular weight is 166 g/mol. The van der Waals surface area contributed by atoms with E-state index in [1.807, 2.05) is 17.1 Å². The molecule has 2 atom stereocenters. The highest BCUT2D eigenvalue weighted by atomic mass is 16.3. The van der Waals surface area contributed by atoms with Gasteiger partial charge in [-0.3, -0.25) is 5.84 Å². The molecule has 0 radical (unpaired) electrons. The van der Waals surface area contributed by atoms with Crippen LogP contribution in [0.5, 0.6) is 0 Å². The van der Waals surface area contributed by atoms with Crippen LogP contribution in [0.25, 0.3) is 0 Å². The third-order valence-corrected chi connectivity index (χ3v) is 2.57. The van der Waals surface area contributed by atoms with E-state index >= 15 is 0 Å². The number of hydrogen-bond donors (Lipinski definition) is 1. The van der Waals surface area contributed by atoms with Crippen LogP contribution in [0.4, 0.5) is 0 Å². The minimum Gasteiger partial charge on any atom is -0.469 e. The molecule has 2 heterocycles. The van der Waals surface area contributed by atoms with E-state index in [1.165, 1.54) is 0 Å². The van der Waals surface area contributed by atoms with Gasteiger partial charge in [0, 0.05) is 18.5 Å². The molecule has 2 rings (SSSR count). The quantitative estimate of drug-likeness (QED) is 0.640. The van der Waals surface area contributed by atoms with E-state index in [1.54, 1.807) is 6.26 Å². The average Bonchev–Trinajstić information content (AvgIpc) is 2.61. The lowest BCUT2D eigenvalue weighted by Gasteiger charge is -2.11. The summed E-state index contributed by atoms with van der Waals surface area (Å²) in [6.45, 7) is 3.05. The zero-order chi connectivity index (χ0) is 8.55. The first-order valence-corrected chi connectivity index (χ1v) is 4.32. The van der Waals surface area contributed by atoms with Crippen LogP contribution in [0.3, 0.4) is 0 Å². The highest BCUT2D eigenvalue weighted by Gasteiger charge is 2.29. The third kappa shape index (κ3) is 1.26. The van der Waals surface area contributed by atoms with Gasteiger partial charge in [-0.1, -0.05) is 0 Å². The molecule has 1 aliphatic rings. The highest BCUT2D eigenvalue weighted by Crippen LogP contribution is 2.29. The molecule has 0 aliphatic carbocycles.